The number of ketones is 1. The molecule has 3 nitrogen and oxygen atoms in total. The predicted octanol–water partition coefficient (Wildman–Crippen LogP) is 2.04. The molecule has 0 spiro atoms. The van der Waals surface area contributed by atoms with Crippen molar-refractivity contribution in [3.8, 4) is 0 Å². The van der Waals surface area contributed by atoms with Gasteiger partial charge in [0.2, 0.25) is 0 Å². The molecule has 0 aromatic heterocycles. The van der Waals surface area contributed by atoms with Crippen LogP contribution in [0.15, 0.2) is 30.3 Å². The standard InChI is InChI=1S/C13H15NO2/c1-3-14-13(16)12-7-5-4-6-11(12)9-8-10(2)15/h4-9H,3H2,1-2H3,(H,14,16)/b9-8+. The normalized spacial score (nSPS) is 10.4. The lowest BCUT2D eigenvalue weighted by atomic mass is 10.1. The van der Waals surface area contributed by atoms with Crippen LogP contribution >= 0.6 is 0 Å². The Morgan fingerprint density at radius 1 is 1.31 bits per heavy atom. The number of hydrogen-bond acceptors (Lipinski definition) is 2. The summed E-state index contributed by atoms with van der Waals surface area (Å²) in [4.78, 5) is 22.5. The van der Waals surface area contributed by atoms with E-state index < -0.39 is 0 Å². The maximum Gasteiger partial charge on any atom is 0.251 e. The molecule has 1 N–H and O–H groups in total. The third-order valence-corrected chi connectivity index (χ3v) is 2.04. The first-order valence-corrected chi connectivity index (χ1v) is 5.21. The van der Waals surface area contributed by atoms with Gasteiger partial charge in [-0.25, -0.2) is 0 Å². The van der Waals surface area contributed by atoms with E-state index in [0.717, 1.165) is 5.56 Å². The molecule has 84 valence electrons. The van der Waals surface area contributed by atoms with Gasteiger partial charge in [0.1, 0.15) is 0 Å². The van der Waals surface area contributed by atoms with Crippen LogP contribution in [0, 0.1) is 0 Å². The molecule has 0 saturated carbocycles. The number of benzene rings is 1. The zero-order valence-corrected chi connectivity index (χ0v) is 9.49. The van der Waals surface area contributed by atoms with Crippen LogP contribution in [-0.4, -0.2) is 18.2 Å². The van der Waals surface area contributed by atoms with Crippen molar-refractivity contribution in [3.05, 3.63) is 41.5 Å². The van der Waals surface area contributed by atoms with Gasteiger partial charge >= 0.3 is 0 Å². The second-order valence-corrected chi connectivity index (χ2v) is 3.39. The zero-order chi connectivity index (χ0) is 12.0. The van der Waals surface area contributed by atoms with Gasteiger partial charge in [0.05, 0.1) is 0 Å². The molecule has 0 unspecified atom stereocenters. The van der Waals surface area contributed by atoms with Crippen molar-refractivity contribution in [3.63, 3.8) is 0 Å². The van der Waals surface area contributed by atoms with Crippen LogP contribution in [0.2, 0.25) is 0 Å². The fourth-order valence-corrected chi connectivity index (χ4v) is 1.31. The minimum Gasteiger partial charge on any atom is -0.352 e. The van der Waals surface area contributed by atoms with Crippen LogP contribution in [0.4, 0.5) is 0 Å². The topological polar surface area (TPSA) is 46.2 Å². The SMILES string of the molecule is CCNC(=O)c1ccccc1/C=C/C(C)=O. The lowest BCUT2D eigenvalue weighted by Crippen LogP contribution is -2.23. The Morgan fingerprint density at radius 3 is 2.62 bits per heavy atom. The molecule has 3 heteroatoms. The molecule has 0 heterocycles. The third-order valence-electron chi connectivity index (χ3n) is 2.04. The van der Waals surface area contributed by atoms with Gasteiger partial charge in [-0.15, -0.1) is 0 Å². The minimum absolute atomic E-state index is 0.0364. The Kier molecular flexibility index (Phi) is 4.45. The predicted molar refractivity (Wildman–Crippen MR) is 64.2 cm³/mol. The molecule has 0 atom stereocenters. The molecule has 0 bridgehead atoms. The fraction of sp³-hybridized carbons (Fsp3) is 0.231. The summed E-state index contributed by atoms with van der Waals surface area (Å²) in [5, 5.41) is 2.73. The third kappa shape index (κ3) is 3.35. The highest BCUT2D eigenvalue weighted by molar-refractivity contribution is 5.99. The fourth-order valence-electron chi connectivity index (χ4n) is 1.31. The lowest BCUT2D eigenvalue weighted by Gasteiger charge is -2.05. The van der Waals surface area contributed by atoms with E-state index in [0.29, 0.717) is 12.1 Å². The van der Waals surface area contributed by atoms with Gasteiger partial charge in [-0.05, 0) is 31.6 Å². The molecule has 0 saturated heterocycles. The number of allylic oxidation sites excluding steroid dienone is 1. The Hall–Kier alpha value is -1.90. The molecular weight excluding hydrogens is 202 g/mol. The van der Waals surface area contributed by atoms with E-state index in [1.165, 1.54) is 13.0 Å². The monoisotopic (exact) mass is 217 g/mol. The first-order chi connectivity index (χ1) is 7.65. The maximum absolute atomic E-state index is 11.7. The van der Waals surface area contributed by atoms with Crippen molar-refractivity contribution in [1.82, 2.24) is 5.32 Å². The Bertz CT molecular complexity index is 422. The van der Waals surface area contributed by atoms with Gasteiger partial charge in [-0.1, -0.05) is 24.3 Å². The lowest BCUT2D eigenvalue weighted by molar-refractivity contribution is -0.112. The highest BCUT2D eigenvalue weighted by Gasteiger charge is 2.07. The van der Waals surface area contributed by atoms with E-state index in [9.17, 15) is 9.59 Å². The highest BCUT2D eigenvalue weighted by atomic mass is 16.1. The van der Waals surface area contributed by atoms with Crippen LogP contribution in [0.5, 0.6) is 0 Å². The molecule has 0 aliphatic carbocycles. The highest BCUT2D eigenvalue weighted by Crippen LogP contribution is 2.10. The summed E-state index contributed by atoms with van der Waals surface area (Å²) >= 11 is 0. The number of carbonyl (C=O) groups is 2. The van der Waals surface area contributed by atoms with Crippen LogP contribution in [0.1, 0.15) is 29.8 Å². The molecule has 1 amide bonds. The van der Waals surface area contributed by atoms with Crippen molar-refractivity contribution in [2.24, 2.45) is 0 Å². The van der Waals surface area contributed by atoms with Crippen molar-refractivity contribution in [1.29, 1.82) is 0 Å². The van der Waals surface area contributed by atoms with Gasteiger partial charge in [-0.3, -0.25) is 9.59 Å². The van der Waals surface area contributed by atoms with Crippen molar-refractivity contribution in [2.75, 3.05) is 6.54 Å². The Labute approximate surface area is 95.2 Å². The number of carbonyl (C=O) groups excluding carboxylic acids is 2. The van der Waals surface area contributed by atoms with Gasteiger partial charge in [-0.2, -0.15) is 0 Å². The van der Waals surface area contributed by atoms with Gasteiger partial charge < -0.3 is 5.32 Å². The zero-order valence-electron chi connectivity index (χ0n) is 9.49. The van der Waals surface area contributed by atoms with Gasteiger partial charge in [0, 0.05) is 12.1 Å². The second kappa shape index (κ2) is 5.85. The summed E-state index contributed by atoms with van der Waals surface area (Å²) in [5.74, 6) is -0.156. The summed E-state index contributed by atoms with van der Waals surface area (Å²) in [5.41, 5.74) is 1.34. The second-order valence-electron chi connectivity index (χ2n) is 3.39. The first kappa shape index (κ1) is 12.2. The van der Waals surface area contributed by atoms with Crippen molar-refractivity contribution < 1.29 is 9.59 Å². The molecule has 1 aromatic carbocycles. The molecule has 0 aliphatic rings. The average molecular weight is 217 g/mol. The minimum atomic E-state index is -0.119. The van der Waals surface area contributed by atoms with Gasteiger partial charge in [0.15, 0.2) is 5.78 Å². The quantitative estimate of drug-likeness (QED) is 0.784. The first-order valence-electron chi connectivity index (χ1n) is 5.21. The average Bonchev–Trinajstić information content (AvgIpc) is 2.27. The smallest absolute Gasteiger partial charge is 0.251 e. The summed E-state index contributed by atoms with van der Waals surface area (Å²) in [6.07, 6.45) is 3.12. The van der Waals surface area contributed by atoms with E-state index in [1.54, 1.807) is 18.2 Å². The molecule has 0 fully saturated rings. The van der Waals surface area contributed by atoms with Crippen LogP contribution < -0.4 is 5.32 Å². The van der Waals surface area contributed by atoms with E-state index in [4.69, 9.17) is 0 Å². The summed E-state index contributed by atoms with van der Waals surface area (Å²) in [7, 11) is 0. The van der Waals surface area contributed by atoms with Crippen LogP contribution in [-0.2, 0) is 4.79 Å². The number of rotatable bonds is 4. The summed E-state index contributed by atoms with van der Waals surface area (Å²) < 4.78 is 0. The van der Waals surface area contributed by atoms with E-state index >= 15 is 0 Å². The number of hydrogen-bond donors (Lipinski definition) is 1. The maximum atomic E-state index is 11.7. The summed E-state index contributed by atoms with van der Waals surface area (Å²) in [6, 6.07) is 7.19. The molecule has 0 aliphatic heterocycles. The van der Waals surface area contributed by atoms with Crippen LogP contribution in [0.3, 0.4) is 0 Å². The molecule has 16 heavy (non-hydrogen) atoms. The van der Waals surface area contributed by atoms with Crippen molar-refractivity contribution >= 4 is 17.8 Å². The molecule has 1 rings (SSSR count). The van der Waals surface area contributed by atoms with Gasteiger partial charge in [0.25, 0.3) is 5.91 Å². The molecule has 0 radical (unpaired) electrons. The largest absolute Gasteiger partial charge is 0.352 e. The number of amides is 1. The molecule has 1 aromatic rings. The van der Waals surface area contributed by atoms with E-state index in [2.05, 4.69) is 5.32 Å². The molecular formula is C13H15NO2. The Balaban J connectivity index is 3.00. The van der Waals surface area contributed by atoms with Crippen LogP contribution in [0.25, 0.3) is 6.08 Å². The van der Waals surface area contributed by atoms with Crippen molar-refractivity contribution in [2.45, 2.75) is 13.8 Å². The Morgan fingerprint density at radius 2 is 2.00 bits per heavy atom. The summed E-state index contributed by atoms with van der Waals surface area (Å²) in [6.45, 7) is 3.93. The number of nitrogens with one attached hydrogen (secondary N) is 1. The van der Waals surface area contributed by atoms with E-state index in [1.807, 2.05) is 19.1 Å². The van der Waals surface area contributed by atoms with E-state index in [-0.39, 0.29) is 11.7 Å².